The van der Waals surface area contributed by atoms with E-state index in [2.05, 4.69) is 15.9 Å². The zero-order chi connectivity index (χ0) is 11.3. The lowest BCUT2D eigenvalue weighted by Gasteiger charge is -2.15. The van der Waals surface area contributed by atoms with Gasteiger partial charge in [0.05, 0.1) is 10.6 Å². The summed E-state index contributed by atoms with van der Waals surface area (Å²) in [5.74, 6) is 0.809. The van der Waals surface area contributed by atoms with E-state index >= 15 is 0 Å². The summed E-state index contributed by atoms with van der Waals surface area (Å²) in [4.78, 5) is 0. The Morgan fingerprint density at radius 1 is 1.47 bits per heavy atom. The lowest BCUT2D eigenvalue weighted by atomic mass is 10.2. The first-order valence-electron chi connectivity index (χ1n) is 4.82. The van der Waals surface area contributed by atoms with E-state index < -0.39 is 0 Å². The summed E-state index contributed by atoms with van der Waals surface area (Å²) in [7, 11) is 1.66. The largest absolute Gasteiger partial charge is 0.489 e. The Bertz CT molecular complexity index is 317. The van der Waals surface area contributed by atoms with E-state index in [4.69, 9.17) is 15.2 Å². The van der Waals surface area contributed by atoms with Gasteiger partial charge in [0.25, 0.3) is 0 Å². The minimum Gasteiger partial charge on any atom is -0.489 e. The summed E-state index contributed by atoms with van der Waals surface area (Å²) in [6.45, 7) is 2.95. The molecule has 15 heavy (non-hydrogen) atoms. The number of methoxy groups -OCH3 is 1. The predicted octanol–water partition coefficient (Wildman–Crippen LogP) is 2.32. The molecule has 1 atom stereocenters. The van der Waals surface area contributed by atoms with Gasteiger partial charge >= 0.3 is 0 Å². The SMILES string of the molecule is COC(C)COc1c(Br)cccc1CN. The van der Waals surface area contributed by atoms with Crippen LogP contribution in [-0.4, -0.2) is 19.8 Å². The van der Waals surface area contributed by atoms with Gasteiger partial charge in [0.15, 0.2) is 0 Å². The zero-order valence-corrected chi connectivity index (χ0v) is 10.6. The van der Waals surface area contributed by atoms with Crippen molar-refractivity contribution in [3.63, 3.8) is 0 Å². The molecular formula is C11H16BrNO2. The van der Waals surface area contributed by atoms with Gasteiger partial charge in [0.2, 0.25) is 0 Å². The molecule has 2 N–H and O–H groups in total. The van der Waals surface area contributed by atoms with Crippen LogP contribution in [-0.2, 0) is 11.3 Å². The molecule has 1 aromatic carbocycles. The Kier molecular flexibility index (Phi) is 5.08. The molecule has 1 aromatic rings. The third-order valence-electron chi connectivity index (χ3n) is 2.13. The van der Waals surface area contributed by atoms with Crippen molar-refractivity contribution in [2.24, 2.45) is 5.73 Å². The molecule has 0 fully saturated rings. The molecule has 1 rings (SSSR count). The number of hydrogen-bond acceptors (Lipinski definition) is 3. The molecule has 0 bridgehead atoms. The van der Waals surface area contributed by atoms with Gasteiger partial charge in [-0.15, -0.1) is 0 Å². The van der Waals surface area contributed by atoms with Crippen LogP contribution in [0.15, 0.2) is 22.7 Å². The second kappa shape index (κ2) is 6.10. The molecule has 0 amide bonds. The van der Waals surface area contributed by atoms with Gasteiger partial charge in [0, 0.05) is 19.2 Å². The van der Waals surface area contributed by atoms with Crippen molar-refractivity contribution in [1.82, 2.24) is 0 Å². The first-order valence-corrected chi connectivity index (χ1v) is 5.61. The molecule has 0 spiro atoms. The molecule has 1 unspecified atom stereocenters. The van der Waals surface area contributed by atoms with Crippen molar-refractivity contribution in [3.05, 3.63) is 28.2 Å². The molecule has 84 valence electrons. The average Bonchev–Trinajstić information content (AvgIpc) is 2.26. The quantitative estimate of drug-likeness (QED) is 0.896. The fourth-order valence-electron chi connectivity index (χ4n) is 1.14. The number of para-hydroxylation sites is 1. The fourth-order valence-corrected chi connectivity index (χ4v) is 1.67. The number of ether oxygens (including phenoxy) is 2. The maximum absolute atomic E-state index is 5.66. The maximum Gasteiger partial charge on any atom is 0.138 e. The molecule has 0 saturated heterocycles. The minimum absolute atomic E-state index is 0.0720. The van der Waals surface area contributed by atoms with Crippen LogP contribution < -0.4 is 10.5 Å². The van der Waals surface area contributed by atoms with E-state index in [-0.39, 0.29) is 6.10 Å². The highest BCUT2D eigenvalue weighted by Gasteiger charge is 2.08. The Labute approximate surface area is 98.7 Å². The normalized spacial score (nSPS) is 12.5. The van der Waals surface area contributed by atoms with E-state index in [1.807, 2.05) is 25.1 Å². The van der Waals surface area contributed by atoms with Gasteiger partial charge in [-0.05, 0) is 28.9 Å². The van der Waals surface area contributed by atoms with Crippen molar-refractivity contribution < 1.29 is 9.47 Å². The summed E-state index contributed by atoms with van der Waals surface area (Å²) in [5.41, 5.74) is 6.62. The molecule has 0 aliphatic heterocycles. The molecule has 4 heteroatoms. The summed E-state index contributed by atoms with van der Waals surface area (Å²) in [5, 5.41) is 0. The van der Waals surface area contributed by atoms with Crippen molar-refractivity contribution in [1.29, 1.82) is 0 Å². The van der Waals surface area contributed by atoms with Gasteiger partial charge < -0.3 is 15.2 Å². The van der Waals surface area contributed by atoms with Crippen LogP contribution in [0.4, 0.5) is 0 Å². The zero-order valence-electron chi connectivity index (χ0n) is 9.00. The number of hydrogen-bond donors (Lipinski definition) is 1. The highest BCUT2D eigenvalue weighted by molar-refractivity contribution is 9.10. The van der Waals surface area contributed by atoms with Crippen LogP contribution in [0.2, 0.25) is 0 Å². The van der Waals surface area contributed by atoms with Crippen LogP contribution in [0.5, 0.6) is 5.75 Å². The minimum atomic E-state index is 0.0720. The van der Waals surface area contributed by atoms with Crippen LogP contribution in [0.3, 0.4) is 0 Å². The number of benzene rings is 1. The molecule has 0 heterocycles. The highest BCUT2D eigenvalue weighted by atomic mass is 79.9. The predicted molar refractivity (Wildman–Crippen MR) is 64.0 cm³/mol. The van der Waals surface area contributed by atoms with E-state index in [1.54, 1.807) is 7.11 Å². The Balaban J connectivity index is 2.74. The smallest absolute Gasteiger partial charge is 0.138 e. The third-order valence-corrected chi connectivity index (χ3v) is 2.76. The van der Waals surface area contributed by atoms with Crippen LogP contribution >= 0.6 is 15.9 Å². The van der Waals surface area contributed by atoms with E-state index in [0.717, 1.165) is 15.8 Å². The molecule has 0 aliphatic carbocycles. The molecule has 0 saturated carbocycles. The fraction of sp³-hybridized carbons (Fsp3) is 0.455. The second-order valence-corrected chi connectivity index (χ2v) is 4.14. The second-order valence-electron chi connectivity index (χ2n) is 3.29. The van der Waals surface area contributed by atoms with Gasteiger partial charge in [-0.1, -0.05) is 12.1 Å². The molecule has 0 aliphatic rings. The van der Waals surface area contributed by atoms with Crippen molar-refractivity contribution in [2.45, 2.75) is 19.6 Å². The standard InChI is InChI=1S/C11H16BrNO2/c1-8(14-2)7-15-11-9(6-13)4-3-5-10(11)12/h3-5,8H,6-7,13H2,1-2H3. The Morgan fingerprint density at radius 3 is 2.80 bits per heavy atom. The highest BCUT2D eigenvalue weighted by Crippen LogP contribution is 2.28. The Morgan fingerprint density at radius 2 is 2.20 bits per heavy atom. The molecule has 0 aromatic heterocycles. The lowest BCUT2D eigenvalue weighted by molar-refractivity contribution is 0.0710. The summed E-state index contributed by atoms with van der Waals surface area (Å²) < 4.78 is 11.7. The molecule has 0 radical (unpaired) electrons. The van der Waals surface area contributed by atoms with Gasteiger partial charge in [-0.3, -0.25) is 0 Å². The first kappa shape index (κ1) is 12.5. The monoisotopic (exact) mass is 273 g/mol. The molecule has 3 nitrogen and oxygen atoms in total. The number of nitrogens with two attached hydrogens (primary N) is 1. The van der Waals surface area contributed by atoms with Crippen molar-refractivity contribution in [3.8, 4) is 5.75 Å². The van der Waals surface area contributed by atoms with E-state index in [0.29, 0.717) is 13.2 Å². The van der Waals surface area contributed by atoms with Crippen molar-refractivity contribution >= 4 is 15.9 Å². The van der Waals surface area contributed by atoms with Gasteiger partial charge in [-0.2, -0.15) is 0 Å². The summed E-state index contributed by atoms with van der Waals surface area (Å²) in [6.07, 6.45) is 0.0720. The number of halogens is 1. The number of rotatable bonds is 5. The molecular weight excluding hydrogens is 258 g/mol. The van der Waals surface area contributed by atoms with E-state index in [1.165, 1.54) is 0 Å². The lowest BCUT2D eigenvalue weighted by Crippen LogP contribution is -2.17. The maximum atomic E-state index is 5.66. The van der Waals surface area contributed by atoms with Crippen LogP contribution in [0.25, 0.3) is 0 Å². The van der Waals surface area contributed by atoms with Crippen LogP contribution in [0.1, 0.15) is 12.5 Å². The first-order chi connectivity index (χ1) is 7.19. The summed E-state index contributed by atoms with van der Waals surface area (Å²) in [6, 6.07) is 5.84. The Hall–Kier alpha value is -0.580. The average molecular weight is 274 g/mol. The summed E-state index contributed by atoms with van der Waals surface area (Å²) >= 11 is 3.44. The van der Waals surface area contributed by atoms with E-state index in [9.17, 15) is 0 Å². The van der Waals surface area contributed by atoms with Crippen LogP contribution in [0, 0.1) is 0 Å². The van der Waals surface area contributed by atoms with Crippen molar-refractivity contribution in [2.75, 3.05) is 13.7 Å². The van der Waals surface area contributed by atoms with Gasteiger partial charge in [-0.25, -0.2) is 0 Å². The topological polar surface area (TPSA) is 44.5 Å². The van der Waals surface area contributed by atoms with Gasteiger partial charge in [0.1, 0.15) is 12.4 Å². The third kappa shape index (κ3) is 3.48.